The van der Waals surface area contributed by atoms with Gasteiger partial charge in [0.25, 0.3) is 0 Å². The van der Waals surface area contributed by atoms with E-state index < -0.39 is 0 Å². The van der Waals surface area contributed by atoms with Gasteiger partial charge in [0.2, 0.25) is 0 Å². The Bertz CT molecular complexity index is 948. The van der Waals surface area contributed by atoms with Crippen LogP contribution < -0.4 is 10.1 Å². The summed E-state index contributed by atoms with van der Waals surface area (Å²) >= 11 is 0. The van der Waals surface area contributed by atoms with E-state index in [-0.39, 0.29) is 11.2 Å². The molecule has 0 aromatic heterocycles. The summed E-state index contributed by atoms with van der Waals surface area (Å²) in [6, 6.07) is 23.7. The van der Waals surface area contributed by atoms with Gasteiger partial charge in [-0.25, -0.2) is 4.39 Å². The highest BCUT2D eigenvalue weighted by Gasteiger charge is 2.34. The molecule has 4 heteroatoms. The summed E-state index contributed by atoms with van der Waals surface area (Å²) in [5.41, 5.74) is 4.56. The maximum absolute atomic E-state index is 13.8. The van der Waals surface area contributed by atoms with Crippen LogP contribution in [0.3, 0.4) is 0 Å². The van der Waals surface area contributed by atoms with Crippen molar-refractivity contribution in [3.05, 3.63) is 89.7 Å². The average Bonchev–Trinajstić information content (AvgIpc) is 2.80. The van der Waals surface area contributed by atoms with Gasteiger partial charge in [0.1, 0.15) is 11.6 Å². The van der Waals surface area contributed by atoms with Crippen LogP contribution in [0.2, 0.25) is 0 Å². The molecule has 4 rings (SSSR count). The highest BCUT2D eigenvalue weighted by Crippen LogP contribution is 2.34. The van der Waals surface area contributed by atoms with Gasteiger partial charge < -0.3 is 14.8 Å². The van der Waals surface area contributed by atoms with Crippen LogP contribution in [0.25, 0.3) is 11.1 Å². The molecule has 0 atom stereocenters. The molecule has 3 aromatic carbocycles. The first-order chi connectivity index (χ1) is 14.7. The van der Waals surface area contributed by atoms with Crippen LogP contribution in [0, 0.1) is 5.82 Å². The summed E-state index contributed by atoms with van der Waals surface area (Å²) in [6.45, 7) is 3.02. The first kappa shape index (κ1) is 20.6. The molecule has 1 aliphatic rings. The zero-order valence-corrected chi connectivity index (χ0v) is 17.4. The minimum Gasteiger partial charge on any atom is -0.497 e. The van der Waals surface area contributed by atoms with E-state index in [9.17, 15) is 4.39 Å². The summed E-state index contributed by atoms with van der Waals surface area (Å²) in [7, 11) is 1.68. The Morgan fingerprint density at radius 1 is 0.933 bits per heavy atom. The van der Waals surface area contributed by atoms with Gasteiger partial charge in [0, 0.05) is 31.7 Å². The molecule has 30 heavy (non-hydrogen) atoms. The van der Waals surface area contributed by atoms with E-state index in [0.717, 1.165) is 50.5 Å². The molecule has 1 heterocycles. The Kier molecular flexibility index (Phi) is 6.46. The number of rotatable bonds is 7. The van der Waals surface area contributed by atoms with Crippen LogP contribution in [0.5, 0.6) is 5.75 Å². The predicted molar refractivity (Wildman–Crippen MR) is 118 cm³/mol. The average molecular weight is 406 g/mol. The lowest BCUT2D eigenvalue weighted by Gasteiger charge is -2.38. The van der Waals surface area contributed by atoms with E-state index in [1.807, 2.05) is 18.2 Å². The van der Waals surface area contributed by atoms with Gasteiger partial charge in [-0.15, -0.1) is 0 Å². The topological polar surface area (TPSA) is 30.5 Å². The molecular formula is C26H28FNO2. The molecule has 1 saturated heterocycles. The number of halogens is 1. The van der Waals surface area contributed by atoms with E-state index in [4.69, 9.17) is 9.47 Å². The second kappa shape index (κ2) is 9.41. The number of hydrogen-bond donors (Lipinski definition) is 1. The second-order valence-electron chi connectivity index (χ2n) is 7.93. The van der Waals surface area contributed by atoms with Crippen LogP contribution in [0.4, 0.5) is 4.39 Å². The minimum atomic E-state index is -0.174. The molecule has 0 unspecified atom stereocenters. The molecular weight excluding hydrogens is 377 g/mol. The van der Waals surface area contributed by atoms with Crippen molar-refractivity contribution in [1.29, 1.82) is 0 Å². The lowest BCUT2D eigenvalue weighted by atomic mass is 9.74. The molecule has 3 nitrogen and oxygen atoms in total. The highest BCUT2D eigenvalue weighted by molar-refractivity contribution is 5.64. The fourth-order valence-corrected chi connectivity index (χ4v) is 4.19. The van der Waals surface area contributed by atoms with Gasteiger partial charge in [-0.05, 0) is 59.4 Å². The Hall–Kier alpha value is -2.69. The molecule has 0 saturated carbocycles. The van der Waals surface area contributed by atoms with Crippen LogP contribution in [0.1, 0.15) is 24.0 Å². The first-order valence-electron chi connectivity index (χ1n) is 10.5. The summed E-state index contributed by atoms with van der Waals surface area (Å²) in [5, 5.41) is 3.61. The molecule has 0 amide bonds. The largest absolute Gasteiger partial charge is 0.497 e. The van der Waals surface area contributed by atoms with Crippen molar-refractivity contribution in [3.8, 4) is 16.9 Å². The molecule has 0 aliphatic carbocycles. The summed E-state index contributed by atoms with van der Waals surface area (Å²) < 4.78 is 24.7. The molecule has 3 aromatic rings. The van der Waals surface area contributed by atoms with Crippen molar-refractivity contribution in [1.82, 2.24) is 5.32 Å². The summed E-state index contributed by atoms with van der Waals surface area (Å²) in [5.74, 6) is 0.687. The van der Waals surface area contributed by atoms with Crippen molar-refractivity contribution >= 4 is 0 Å². The van der Waals surface area contributed by atoms with Crippen LogP contribution in [0.15, 0.2) is 72.8 Å². The normalized spacial score (nSPS) is 15.7. The third kappa shape index (κ3) is 4.72. The second-order valence-corrected chi connectivity index (χ2v) is 7.93. The van der Waals surface area contributed by atoms with Gasteiger partial charge in [-0.2, -0.15) is 0 Å². The van der Waals surface area contributed by atoms with Crippen molar-refractivity contribution in [2.45, 2.75) is 24.8 Å². The summed E-state index contributed by atoms with van der Waals surface area (Å²) in [6.07, 6.45) is 1.81. The zero-order chi connectivity index (χ0) is 20.8. The number of hydrogen-bond acceptors (Lipinski definition) is 3. The third-order valence-corrected chi connectivity index (χ3v) is 6.06. The van der Waals surface area contributed by atoms with Crippen molar-refractivity contribution in [2.24, 2.45) is 0 Å². The first-order valence-corrected chi connectivity index (χ1v) is 10.5. The fourth-order valence-electron chi connectivity index (χ4n) is 4.19. The van der Waals surface area contributed by atoms with E-state index >= 15 is 0 Å². The van der Waals surface area contributed by atoms with Gasteiger partial charge in [-0.1, -0.05) is 48.5 Å². The number of ether oxygens (including phenoxy) is 2. The lowest BCUT2D eigenvalue weighted by molar-refractivity contribution is 0.0497. The molecule has 1 fully saturated rings. The smallest absolute Gasteiger partial charge is 0.123 e. The van der Waals surface area contributed by atoms with Crippen LogP contribution in [-0.4, -0.2) is 26.9 Å². The van der Waals surface area contributed by atoms with Gasteiger partial charge >= 0.3 is 0 Å². The van der Waals surface area contributed by atoms with E-state index in [1.165, 1.54) is 22.8 Å². The van der Waals surface area contributed by atoms with Crippen LogP contribution >= 0.6 is 0 Å². The third-order valence-electron chi connectivity index (χ3n) is 6.06. The van der Waals surface area contributed by atoms with E-state index in [2.05, 4.69) is 41.7 Å². The quantitative estimate of drug-likeness (QED) is 0.576. The monoisotopic (exact) mass is 405 g/mol. The Morgan fingerprint density at radius 2 is 1.60 bits per heavy atom. The summed E-state index contributed by atoms with van der Waals surface area (Å²) in [4.78, 5) is 0. The number of nitrogens with one attached hydrogen (secondary N) is 1. The minimum absolute atomic E-state index is 0.0800. The lowest BCUT2D eigenvalue weighted by Crippen LogP contribution is -2.42. The van der Waals surface area contributed by atoms with Crippen molar-refractivity contribution < 1.29 is 13.9 Å². The Labute approximate surface area is 177 Å². The van der Waals surface area contributed by atoms with Crippen LogP contribution in [-0.2, 0) is 16.7 Å². The molecule has 0 spiro atoms. The maximum atomic E-state index is 13.8. The molecule has 1 aliphatic heterocycles. The fraction of sp³-hybridized carbons (Fsp3) is 0.308. The van der Waals surface area contributed by atoms with Gasteiger partial charge in [0.05, 0.1) is 7.11 Å². The van der Waals surface area contributed by atoms with E-state index in [1.54, 1.807) is 19.2 Å². The predicted octanol–water partition coefficient (Wildman–Crippen LogP) is 5.34. The number of benzene rings is 3. The Balaban J connectivity index is 1.40. The number of methoxy groups -OCH3 is 1. The van der Waals surface area contributed by atoms with Gasteiger partial charge in [0.15, 0.2) is 0 Å². The molecule has 1 N–H and O–H groups in total. The standard InChI is InChI=1S/C26H28FNO2/c1-29-25-11-9-22(10-12-25)21-7-5-20(6-8-21)18-28-19-26(13-15-30-16-14-26)23-3-2-4-24(27)17-23/h2-12,17,28H,13-16,18-19H2,1H3. The van der Waals surface area contributed by atoms with Gasteiger partial charge in [-0.3, -0.25) is 0 Å². The van der Waals surface area contributed by atoms with Crippen molar-refractivity contribution in [2.75, 3.05) is 26.9 Å². The zero-order valence-electron chi connectivity index (χ0n) is 17.4. The molecule has 156 valence electrons. The molecule has 0 bridgehead atoms. The Morgan fingerprint density at radius 3 is 2.23 bits per heavy atom. The highest BCUT2D eigenvalue weighted by atomic mass is 19.1. The van der Waals surface area contributed by atoms with Crippen molar-refractivity contribution in [3.63, 3.8) is 0 Å². The van der Waals surface area contributed by atoms with E-state index in [0.29, 0.717) is 0 Å². The molecule has 0 radical (unpaired) electrons. The maximum Gasteiger partial charge on any atom is 0.123 e. The SMILES string of the molecule is COc1ccc(-c2ccc(CNCC3(c4cccc(F)c4)CCOCC3)cc2)cc1.